The molecule has 7 nitrogen and oxygen atoms in total. The Kier molecular flexibility index (Phi) is 5.33. The highest BCUT2D eigenvalue weighted by molar-refractivity contribution is 9.10. The van der Waals surface area contributed by atoms with Crippen LogP contribution >= 0.6 is 15.9 Å². The second kappa shape index (κ2) is 7.83. The molecule has 26 heavy (non-hydrogen) atoms. The molecule has 0 saturated heterocycles. The number of rotatable bonds is 6. The topological polar surface area (TPSA) is 110 Å². The Morgan fingerprint density at radius 1 is 1.12 bits per heavy atom. The van der Waals surface area contributed by atoms with Crippen molar-refractivity contribution >= 4 is 33.6 Å². The van der Waals surface area contributed by atoms with Crippen LogP contribution in [0.4, 0.5) is 5.82 Å². The lowest BCUT2D eigenvalue weighted by atomic mass is 10.2. The molecule has 1 aromatic heterocycles. The average Bonchev–Trinajstić information content (AvgIpc) is 3.01. The number of hydrogen-bond acceptors (Lipinski definition) is 4. The minimum atomic E-state index is -0.754. The molecular formula is C18H15BrN4O3. The van der Waals surface area contributed by atoms with Crippen molar-refractivity contribution in [3.8, 4) is 5.75 Å². The van der Waals surface area contributed by atoms with Crippen molar-refractivity contribution in [1.82, 2.24) is 9.97 Å². The summed E-state index contributed by atoms with van der Waals surface area (Å²) in [4.78, 5) is 30.7. The summed E-state index contributed by atoms with van der Waals surface area (Å²) < 4.78 is 6.06. The molecule has 132 valence electrons. The molecule has 2 amide bonds. The zero-order chi connectivity index (χ0) is 18.5. The van der Waals surface area contributed by atoms with E-state index in [-0.39, 0.29) is 16.2 Å². The first-order valence-corrected chi connectivity index (χ1v) is 8.46. The fourth-order valence-corrected chi connectivity index (χ4v) is 2.68. The number of anilines is 1. The molecule has 3 aromatic rings. The minimum Gasteiger partial charge on any atom is -0.488 e. The summed E-state index contributed by atoms with van der Waals surface area (Å²) in [5.41, 5.74) is 6.51. The number of aromatic nitrogens is 2. The van der Waals surface area contributed by atoms with E-state index < -0.39 is 11.8 Å². The number of hydrogen-bond donors (Lipinski definition) is 3. The van der Waals surface area contributed by atoms with Crippen molar-refractivity contribution in [1.29, 1.82) is 0 Å². The summed E-state index contributed by atoms with van der Waals surface area (Å²) in [6.45, 7) is 0.327. The van der Waals surface area contributed by atoms with Gasteiger partial charge in [0.25, 0.3) is 11.8 Å². The lowest BCUT2D eigenvalue weighted by Gasteiger charge is -2.11. The van der Waals surface area contributed by atoms with Gasteiger partial charge in [0.15, 0.2) is 10.4 Å². The second-order valence-corrected chi connectivity index (χ2v) is 6.09. The quantitative estimate of drug-likeness (QED) is 0.575. The number of H-pyrrole nitrogens is 1. The summed E-state index contributed by atoms with van der Waals surface area (Å²) in [5.74, 6) is -0.663. The second-order valence-electron chi connectivity index (χ2n) is 5.34. The van der Waals surface area contributed by atoms with Gasteiger partial charge >= 0.3 is 0 Å². The SMILES string of the molecule is NC(=O)c1nc(Br)[nH]c1NC(=O)c1ccccc1OCc1ccccc1. The van der Waals surface area contributed by atoms with Gasteiger partial charge in [-0.3, -0.25) is 9.59 Å². The molecule has 2 aromatic carbocycles. The van der Waals surface area contributed by atoms with Crippen LogP contribution in [0.1, 0.15) is 26.4 Å². The van der Waals surface area contributed by atoms with Crippen LogP contribution in [-0.2, 0) is 6.61 Å². The van der Waals surface area contributed by atoms with Crippen molar-refractivity contribution in [3.63, 3.8) is 0 Å². The number of para-hydroxylation sites is 1. The number of primary amides is 1. The van der Waals surface area contributed by atoms with Gasteiger partial charge in [-0.05, 0) is 33.6 Å². The maximum absolute atomic E-state index is 12.6. The van der Waals surface area contributed by atoms with Gasteiger partial charge in [-0.2, -0.15) is 0 Å². The Morgan fingerprint density at radius 2 is 1.81 bits per heavy atom. The van der Waals surface area contributed by atoms with E-state index in [1.165, 1.54) is 0 Å². The smallest absolute Gasteiger partial charge is 0.271 e. The highest BCUT2D eigenvalue weighted by Gasteiger charge is 2.19. The van der Waals surface area contributed by atoms with Crippen LogP contribution in [0.5, 0.6) is 5.75 Å². The first kappa shape index (κ1) is 17.7. The van der Waals surface area contributed by atoms with E-state index in [4.69, 9.17) is 10.5 Å². The summed E-state index contributed by atoms with van der Waals surface area (Å²) in [5, 5.41) is 2.60. The van der Waals surface area contributed by atoms with Crippen molar-refractivity contribution in [3.05, 3.63) is 76.2 Å². The van der Waals surface area contributed by atoms with E-state index >= 15 is 0 Å². The zero-order valence-corrected chi connectivity index (χ0v) is 15.1. The first-order valence-electron chi connectivity index (χ1n) is 7.67. The number of halogens is 1. The molecule has 8 heteroatoms. The van der Waals surface area contributed by atoms with Gasteiger partial charge in [-0.25, -0.2) is 4.98 Å². The highest BCUT2D eigenvalue weighted by atomic mass is 79.9. The summed E-state index contributed by atoms with van der Waals surface area (Å²) >= 11 is 3.11. The number of nitrogens with two attached hydrogens (primary N) is 1. The Morgan fingerprint density at radius 3 is 2.54 bits per heavy atom. The summed E-state index contributed by atoms with van der Waals surface area (Å²) in [7, 11) is 0. The molecule has 0 unspecified atom stereocenters. The number of nitrogens with one attached hydrogen (secondary N) is 2. The number of aromatic amines is 1. The third kappa shape index (κ3) is 4.09. The summed E-state index contributed by atoms with van der Waals surface area (Å²) in [6, 6.07) is 16.5. The van der Waals surface area contributed by atoms with Crippen molar-refractivity contribution in [2.45, 2.75) is 6.61 Å². The van der Waals surface area contributed by atoms with Crippen LogP contribution in [0, 0.1) is 0 Å². The maximum atomic E-state index is 12.6. The third-order valence-corrected chi connectivity index (χ3v) is 3.89. The molecule has 0 aliphatic heterocycles. The molecule has 0 atom stereocenters. The van der Waals surface area contributed by atoms with Gasteiger partial charge in [-0.1, -0.05) is 42.5 Å². The molecule has 1 heterocycles. The van der Waals surface area contributed by atoms with E-state index in [2.05, 4.69) is 31.2 Å². The number of nitrogens with zero attached hydrogens (tertiary/aromatic N) is 1. The Balaban J connectivity index is 1.79. The molecule has 0 spiro atoms. The molecule has 0 fully saturated rings. The summed E-state index contributed by atoms with van der Waals surface area (Å²) in [6.07, 6.45) is 0. The van der Waals surface area contributed by atoms with Gasteiger partial charge in [0, 0.05) is 0 Å². The van der Waals surface area contributed by atoms with Crippen molar-refractivity contribution in [2.75, 3.05) is 5.32 Å². The van der Waals surface area contributed by atoms with Crippen LogP contribution in [0.2, 0.25) is 0 Å². The van der Waals surface area contributed by atoms with Gasteiger partial charge < -0.3 is 20.8 Å². The van der Waals surface area contributed by atoms with E-state index in [9.17, 15) is 9.59 Å². The molecular weight excluding hydrogens is 400 g/mol. The predicted molar refractivity (Wildman–Crippen MR) is 100.0 cm³/mol. The normalized spacial score (nSPS) is 10.3. The maximum Gasteiger partial charge on any atom is 0.271 e. The highest BCUT2D eigenvalue weighted by Crippen LogP contribution is 2.22. The largest absolute Gasteiger partial charge is 0.488 e. The molecule has 4 N–H and O–H groups in total. The van der Waals surface area contributed by atoms with E-state index in [1.54, 1.807) is 24.3 Å². The van der Waals surface area contributed by atoms with Crippen molar-refractivity contribution < 1.29 is 14.3 Å². The van der Waals surface area contributed by atoms with Gasteiger partial charge in [0.05, 0.1) is 5.56 Å². The monoisotopic (exact) mass is 414 g/mol. The number of ether oxygens (including phenoxy) is 1. The molecule has 0 bridgehead atoms. The van der Waals surface area contributed by atoms with Crippen LogP contribution in [0.25, 0.3) is 0 Å². The Labute approximate surface area is 157 Å². The number of amides is 2. The van der Waals surface area contributed by atoms with Gasteiger partial charge in [0.2, 0.25) is 0 Å². The van der Waals surface area contributed by atoms with Gasteiger partial charge in [0.1, 0.15) is 18.2 Å². The molecule has 0 saturated carbocycles. The molecule has 0 aliphatic carbocycles. The van der Waals surface area contributed by atoms with Crippen LogP contribution < -0.4 is 15.8 Å². The van der Waals surface area contributed by atoms with Crippen LogP contribution in [-0.4, -0.2) is 21.8 Å². The molecule has 0 radical (unpaired) electrons. The van der Waals surface area contributed by atoms with E-state index in [0.717, 1.165) is 5.56 Å². The lowest BCUT2D eigenvalue weighted by Crippen LogP contribution is -2.19. The fourth-order valence-electron chi connectivity index (χ4n) is 2.31. The standard InChI is InChI=1S/C18H15BrN4O3/c19-18-21-14(15(20)24)16(23-18)22-17(25)12-8-4-5-9-13(12)26-10-11-6-2-1-3-7-11/h1-9H,10H2,(H2,20,24)(H,21,23)(H,22,25). The van der Waals surface area contributed by atoms with Crippen LogP contribution in [0.15, 0.2) is 59.3 Å². The van der Waals surface area contributed by atoms with Gasteiger partial charge in [-0.15, -0.1) is 0 Å². The Hall–Kier alpha value is -3.13. The fraction of sp³-hybridized carbons (Fsp3) is 0.0556. The first-order chi connectivity index (χ1) is 12.5. The Bertz CT molecular complexity index is 941. The predicted octanol–water partition coefficient (Wildman–Crippen LogP) is 3.10. The van der Waals surface area contributed by atoms with Crippen molar-refractivity contribution in [2.24, 2.45) is 5.73 Å². The zero-order valence-electron chi connectivity index (χ0n) is 13.5. The average molecular weight is 415 g/mol. The number of imidazole rings is 1. The molecule has 3 rings (SSSR count). The number of carbonyl (C=O) groups excluding carboxylic acids is 2. The number of benzene rings is 2. The lowest BCUT2D eigenvalue weighted by molar-refractivity contribution is 0.0997. The third-order valence-electron chi connectivity index (χ3n) is 3.52. The molecule has 0 aliphatic rings. The minimum absolute atomic E-state index is 0.0621. The van der Waals surface area contributed by atoms with E-state index in [1.807, 2.05) is 30.3 Å². The number of carbonyl (C=O) groups is 2. The van der Waals surface area contributed by atoms with Crippen LogP contribution in [0.3, 0.4) is 0 Å². The van der Waals surface area contributed by atoms with E-state index in [0.29, 0.717) is 17.9 Å².